The molecule has 5 rings (SSSR count). The van der Waals surface area contributed by atoms with E-state index in [9.17, 15) is 4.39 Å². The van der Waals surface area contributed by atoms with Crippen LogP contribution in [0.4, 0.5) is 20.4 Å². The summed E-state index contributed by atoms with van der Waals surface area (Å²) in [6, 6.07) is 4.97. The van der Waals surface area contributed by atoms with Crippen molar-refractivity contribution >= 4 is 36.0 Å². The van der Waals surface area contributed by atoms with Crippen LogP contribution in [0.15, 0.2) is 29.4 Å². The van der Waals surface area contributed by atoms with Gasteiger partial charge in [-0.15, -0.1) is 5.10 Å². The fourth-order valence-electron chi connectivity index (χ4n) is 5.10. The molecule has 180 valence electrons. The molecule has 0 amide bonds. The zero-order valence-corrected chi connectivity index (χ0v) is 20.6. The Bertz CT molecular complexity index is 1230. The molecule has 3 aromatic rings. The number of aromatic nitrogens is 3. The van der Waals surface area contributed by atoms with Crippen molar-refractivity contribution in [2.75, 3.05) is 18.4 Å². The van der Waals surface area contributed by atoms with Crippen LogP contribution < -0.4 is 5.32 Å². The summed E-state index contributed by atoms with van der Waals surface area (Å²) in [4.78, 5) is 10.8. The predicted octanol–water partition coefficient (Wildman–Crippen LogP) is 5.51. The van der Waals surface area contributed by atoms with Gasteiger partial charge in [-0.1, -0.05) is 0 Å². The summed E-state index contributed by atoms with van der Waals surface area (Å²) in [5.41, 5.74) is 4.23. The van der Waals surface area contributed by atoms with Gasteiger partial charge in [-0.2, -0.15) is 12.6 Å². The molecule has 2 aromatic heterocycles. The van der Waals surface area contributed by atoms with Gasteiger partial charge in [0.2, 0.25) is 5.95 Å². The van der Waals surface area contributed by atoms with Gasteiger partial charge in [0.15, 0.2) is 0 Å². The second kappa shape index (κ2) is 8.92. The molecule has 1 aromatic carbocycles. The number of nitrogens with zero attached hydrogens (tertiary/aromatic N) is 5. The van der Waals surface area contributed by atoms with Gasteiger partial charge in [0.1, 0.15) is 17.7 Å². The average molecular weight is 485 g/mol. The van der Waals surface area contributed by atoms with Gasteiger partial charge in [0, 0.05) is 31.1 Å². The minimum atomic E-state index is -1.02. The Morgan fingerprint density at radius 1 is 1.29 bits per heavy atom. The summed E-state index contributed by atoms with van der Waals surface area (Å²) in [6.45, 7) is 6.68. The van der Waals surface area contributed by atoms with E-state index in [1.807, 2.05) is 32.2 Å². The number of halogens is 2. The molecular weight excluding hydrogens is 454 g/mol. The van der Waals surface area contributed by atoms with Gasteiger partial charge in [-0.05, 0) is 75.8 Å². The molecule has 2 fully saturated rings. The van der Waals surface area contributed by atoms with E-state index in [0.29, 0.717) is 24.6 Å². The van der Waals surface area contributed by atoms with Crippen molar-refractivity contribution in [2.45, 2.75) is 63.5 Å². The van der Waals surface area contributed by atoms with E-state index in [4.69, 9.17) is 12.6 Å². The topological polar surface area (TPSA) is 57.8 Å². The van der Waals surface area contributed by atoms with Crippen molar-refractivity contribution in [3.63, 3.8) is 0 Å². The highest BCUT2D eigenvalue weighted by molar-refractivity contribution is 7.81. The number of fused-ring (bicyclic) bond motifs is 1. The van der Waals surface area contributed by atoms with Crippen molar-refractivity contribution in [1.29, 1.82) is 0 Å². The average Bonchev–Trinajstić information content (AvgIpc) is 3.20. The Morgan fingerprint density at radius 3 is 2.74 bits per heavy atom. The molecule has 6 nitrogen and oxygen atoms in total. The Morgan fingerprint density at radius 2 is 2.09 bits per heavy atom. The second-order valence-corrected chi connectivity index (χ2v) is 10.2. The summed E-state index contributed by atoms with van der Waals surface area (Å²) in [7, 11) is 0. The molecule has 34 heavy (non-hydrogen) atoms. The summed E-state index contributed by atoms with van der Waals surface area (Å²) in [5.74, 6) is 0.0296. The zero-order valence-electron chi connectivity index (χ0n) is 19.7. The maximum absolute atomic E-state index is 15.0. The normalized spacial score (nSPS) is 22.9. The lowest BCUT2D eigenvalue weighted by molar-refractivity contribution is 0.0361. The molecule has 2 aliphatic rings. The van der Waals surface area contributed by atoms with Crippen molar-refractivity contribution < 1.29 is 8.78 Å². The molecule has 1 aliphatic heterocycles. The first kappa shape index (κ1) is 23.2. The fraction of sp³-hybridized carbons (Fsp3) is 0.480. The maximum Gasteiger partial charge on any atom is 0.241 e. The first-order valence-electron chi connectivity index (χ1n) is 11.8. The van der Waals surface area contributed by atoms with E-state index in [0.717, 1.165) is 53.7 Å². The largest absolute Gasteiger partial charge is 0.347 e. The van der Waals surface area contributed by atoms with E-state index in [1.54, 1.807) is 17.7 Å². The molecule has 9 heteroatoms. The predicted molar refractivity (Wildman–Crippen MR) is 136 cm³/mol. The summed E-state index contributed by atoms with van der Waals surface area (Å²) >= 11 is 4.78. The van der Waals surface area contributed by atoms with Gasteiger partial charge < -0.3 is 5.32 Å². The molecule has 1 saturated carbocycles. The molecule has 1 aliphatic carbocycles. The van der Waals surface area contributed by atoms with E-state index >= 15 is 4.39 Å². The van der Waals surface area contributed by atoms with Crippen LogP contribution in [0.3, 0.4) is 0 Å². The highest BCUT2D eigenvalue weighted by Crippen LogP contribution is 2.42. The molecule has 0 bridgehead atoms. The zero-order chi connectivity index (χ0) is 24.0. The molecule has 0 spiro atoms. The summed E-state index contributed by atoms with van der Waals surface area (Å²) in [6.07, 6.45) is 6.27. The van der Waals surface area contributed by atoms with Crippen molar-refractivity contribution in [2.24, 2.45) is 4.99 Å². The van der Waals surface area contributed by atoms with Crippen LogP contribution in [-0.2, 0) is 0 Å². The molecule has 1 saturated heterocycles. The van der Waals surface area contributed by atoms with Crippen LogP contribution in [0, 0.1) is 19.7 Å². The lowest BCUT2D eigenvalue weighted by Gasteiger charge is -2.50. The van der Waals surface area contributed by atoms with Crippen LogP contribution in [0.5, 0.6) is 0 Å². The highest BCUT2D eigenvalue weighted by Gasteiger charge is 2.43. The molecule has 2 atom stereocenters. The van der Waals surface area contributed by atoms with Gasteiger partial charge in [-0.25, -0.2) is 18.3 Å². The molecule has 1 N–H and O–H groups in total. The number of piperidine rings is 1. The maximum atomic E-state index is 15.0. The smallest absolute Gasteiger partial charge is 0.241 e. The number of benzene rings is 1. The lowest BCUT2D eigenvalue weighted by atomic mass is 9.88. The lowest BCUT2D eigenvalue weighted by Crippen LogP contribution is -2.58. The van der Waals surface area contributed by atoms with Crippen molar-refractivity contribution in [3.8, 4) is 11.1 Å². The Kier molecular flexibility index (Phi) is 6.10. The Hall–Kier alpha value is -2.52. The number of nitrogens with one attached hydrogen (secondary N) is 1. The number of hydrogen-bond donors (Lipinski definition) is 2. The van der Waals surface area contributed by atoms with Crippen LogP contribution in [-0.4, -0.2) is 55.9 Å². The molecule has 3 heterocycles. The molecular formula is C25H30F2N6S. The van der Waals surface area contributed by atoms with Crippen molar-refractivity contribution in [1.82, 2.24) is 19.5 Å². The van der Waals surface area contributed by atoms with E-state index in [1.165, 1.54) is 6.07 Å². The number of rotatable bonds is 5. The Labute approximate surface area is 203 Å². The van der Waals surface area contributed by atoms with Crippen LogP contribution in [0.25, 0.3) is 16.6 Å². The first-order valence-corrected chi connectivity index (χ1v) is 12.3. The van der Waals surface area contributed by atoms with Crippen LogP contribution in [0.1, 0.15) is 43.9 Å². The number of aryl methyl sites for hydroxylation is 2. The van der Waals surface area contributed by atoms with Gasteiger partial charge >= 0.3 is 0 Å². The quantitative estimate of drug-likeness (QED) is 0.370. The second-order valence-electron chi connectivity index (χ2n) is 9.39. The molecule has 2 unspecified atom stereocenters. The van der Waals surface area contributed by atoms with E-state index < -0.39 is 6.17 Å². The first-order chi connectivity index (χ1) is 16.3. The number of thiol groups is 1. The minimum absolute atomic E-state index is 0.137. The number of aliphatic imine (C=N–C) groups is 1. The number of likely N-dealkylation sites (tertiary alicyclic amines) is 1. The summed E-state index contributed by atoms with van der Waals surface area (Å²) < 4.78 is 31.4. The number of anilines is 1. The number of hydrogen-bond acceptors (Lipinski definition) is 6. The monoisotopic (exact) mass is 484 g/mol. The third kappa shape index (κ3) is 4.09. The molecule has 0 radical (unpaired) electrons. The van der Waals surface area contributed by atoms with E-state index in [-0.39, 0.29) is 16.7 Å². The van der Waals surface area contributed by atoms with Gasteiger partial charge in [-0.3, -0.25) is 9.89 Å². The highest BCUT2D eigenvalue weighted by atomic mass is 32.1. The third-order valence-electron chi connectivity index (χ3n) is 7.11. The van der Waals surface area contributed by atoms with Crippen LogP contribution in [0.2, 0.25) is 0 Å². The number of alkyl halides is 1. The van der Waals surface area contributed by atoms with Crippen molar-refractivity contribution in [3.05, 3.63) is 41.5 Å². The summed E-state index contributed by atoms with van der Waals surface area (Å²) in [5, 5.41) is 7.79. The van der Waals surface area contributed by atoms with Gasteiger partial charge in [0.05, 0.1) is 22.1 Å². The Balaban J connectivity index is 1.38. The standard InChI is InChI=1S/C25H30F2N6S/c1-4-28-22-15(2)12-17(13-19(22)26)18-6-11-33-23(18)16(3)29-24(31-33)30-21-7-10-32(14-20(21)27)25(34)8-5-9-25/h4,6,11-13,20-21,34H,5,7-10,14H2,1-3H3,(H,30,31). The van der Waals surface area contributed by atoms with Gasteiger partial charge in [0.25, 0.3) is 0 Å². The SMILES string of the molecule is CC=Nc1c(C)cc(-c2ccn3nc(NC4CCN(C5(S)CCC5)CC4F)nc(C)c23)cc1F. The van der Waals surface area contributed by atoms with Crippen LogP contribution >= 0.6 is 12.6 Å². The fourth-order valence-corrected chi connectivity index (χ4v) is 5.60. The van der Waals surface area contributed by atoms with E-state index in [2.05, 4.69) is 25.3 Å². The third-order valence-corrected chi connectivity index (χ3v) is 7.84. The minimum Gasteiger partial charge on any atom is -0.347 e.